The lowest BCUT2D eigenvalue weighted by atomic mass is 9.91. The summed E-state index contributed by atoms with van der Waals surface area (Å²) in [5.74, 6) is -0.772. The minimum absolute atomic E-state index is 0.146. The van der Waals surface area contributed by atoms with Crippen LogP contribution in [0.15, 0.2) is 84.9 Å². The molecule has 0 radical (unpaired) electrons. The number of hydrogen-bond acceptors (Lipinski definition) is 3. The van der Waals surface area contributed by atoms with Crippen molar-refractivity contribution < 1.29 is 27.8 Å². The van der Waals surface area contributed by atoms with Crippen LogP contribution in [0.5, 0.6) is 11.5 Å². The molecule has 0 heterocycles. The third-order valence-corrected chi connectivity index (χ3v) is 4.29. The highest BCUT2D eigenvalue weighted by atomic mass is 19.4. The van der Waals surface area contributed by atoms with E-state index in [0.717, 1.165) is 12.1 Å². The first-order valence-corrected chi connectivity index (χ1v) is 8.75. The van der Waals surface area contributed by atoms with Crippen molar-refractivity contribution in [3.05, 3.63) is 96.1 Å². The molecule has 0 aliphatic carbocycles. The van der Waals surface area contributed by atoms with Crippen LogP contribution in [0.1, 0.15) is 11.1 Å². The lowest BCUT2D eigenvalue weighted by Gasteiger charge is -2.29. The molecule has 1 atom stereocenters. The van der Waals surface area contributed by atoms with Crippen LogP contribution in [-0.2, 0) is 16.9 Å². The molecule has 3 aromatic carbocycles. The summed E-state index contributed by atoms with van der Waals surface area (Å²) in [6, 6.07) is 21.7. The van der Waals surface area contributed by atoms with E-state index in [2.05, 4.69) is 5.32 Å². The van der Waals surface area contributed by atoms with Gasteiger partial charge in [0.25, 0.3) is 11.5 Å². The summed E-state index contributed by atoms with van der Waals surface area (Å²) in [6.07, 6.45) is -5.21. The quantitative estimate of drug-likeness (QED) is 0.637. The van der Waals surface area contributed by atoms with Crippen molar-refractivity contribution in [2.75, 3.05) is 0 Å². The summed E-state index contributed by atoms with van der Waals surface area (Å²) in [6.45, 7) is -0.146. The average Bonchev–Trinajstić information content (AvgIpc) is 2.72. The standard InChI is InChI=1S/C22H18F3NO3/c23-22(24,25)21(28,20(27)26-15-16-7-3-1-4-8-16)17-11-13-19(14-12-17)29-18-9-5-2-6-10-18/h1-14,28H,15H2,(H,26,27). The number of carbonyl (C=O) groups excluding carboxylic acids is 1. The van der Waals surface area contributed by atoms with Gasteiger partial charge in [-0.25, -0.2) is 0 Å². The van der Waals surface area contributed by atoms with Gasteiger partial charge in [-0.05, 0) is 29.8 Å². The molecule has 3 aromatic rings. The molecular weight excluding hydrogens is 383 g/mol. The molecule has 4 nitrogen and oxygen atoms in total. The van der Waals surface area contributed by atoms with Crippen molar-refractivity contribution in [1.29, 1.82) is 0 Å². The second-order valence-electron chi connectivity index (χ2n) is 6.32. The summed E-state index contributed by atoms with van der Waals surface area (Å²) in [4.78, 5) is 12.3. The topological polar surface area (TPSA) is 58.6 Å². The monoisotopic (exact) mass is 401 g/mol. The maximum Gasteiger partial charge on any atom is 0.430 e. The molecule has 29 heavy (non-hydrogen) atoms. The minimum atomic E-state index is -5.21. The molecule has 2 N–H and O–H groups in total. The minimum Gasteiger partial charge on any atom is -0.457 e. The van der Waals surface area contributed by atoms with Gasteiger partial charge in [-0.15, -0.1) is 0 Å². The summed E-state index contributed by atoms with van der Waals surface area (Å²) >= 11 is 0. The predicted molar refractivity (Wildman–Crippen MR) is 101 cm³/mol. The van der Waals surface area contributed by atoms with Crippen LogP contribution in [0.25, 0.3) is 0 Å². The Morgan fingerprint density at radius 2 is 1.34 bits per heavy atom. The Morgan fingerprint density at radius 3 is 1.90 bits per heavy atom. The fourth-order valence-electron chi connectivity index (χ4n) is 2.72. The summed E-state index contributed by atoms with van der Waals surface area (Å²) in [5, 5.41) is 12.5. The van der Waals surface area contributed by atoms with Crippen molar-refractivity contribution in [1.82, 2.24) is 5.32 Å². The first-order valence-electron chi connectivity index (χ1n) is 8.75. The number of amides is 1. The number of para-hydroxylation sites is 1. The fourth-order valence-corrected chi connectivity index (χ4v) is 2.72. The van der Waals surface area contributed by atoms with E-state index < -0.39 is 23.2 Å². The van der Waals surface area contributed by atoms with E-state index in [-0.39, 0.29) is 12.3 Å². The zero-order chi connectivity index (χ0) is 20.9. The molecule has 3 rings (SSSR count). The highest BCUT2D eigenvalue weighted by molar-refractivity contribution is 5.87. The van der Waals surface area contributed by atoms with Gasteiger partial charge in [0.1, 0.15) is 11.5 Å². The van der Waals surface area contributed by atoms with Crippen LogP contribution < -0.4 is 10.1 Å². The number of nitrogens with one attached hydrogen (secondary N) is 1. The van der Waals surface area contributed by atoms with E-state index in [9.17, 15) is 23.1 Å². The van der Waals surface area contributed by atoms with Crippen LogP contribution >= 0.6 is 0 Å². The molecule has 0 aliphatic rings. The van der Waals surface area contributed by atoms with Gasteiger partial charge in [-0.2, -0.15) is 13.2 Å². The van der Waals surface area contributed by atoms with Gasteiger partial charge in [0, 0.05) is 12.1 Å². The number of aliphatic hydroxyl groups is 1. The zero-order valence-electron chi connectivity index (χ0n) is 15.2. The van der Waals surface area contributed by atoms with Crippen molar-refractivity contribution in [3.8, 4) is 11.5 Å². The molecular formula is C22H18F3NO3. The van der Waals surface area contributed by atoms with Crippen molar-refractivity contribution in [2.45, 2.75) is 18.3 Å². The van der Waals surface area contributed by atoms with Crippen molar-refractivity contribution in [3.63, 3.8) is 0 Å². The van der Waals surface area contributed by atoms with Gasteiger partial charge < -0.3 is 15.2 Å². The number of hydrogen-bond donors (Lipinski definition) is 2. The molecule has 0 saturated heterocycles. The Balaban J connectivity index is 1.81. The maximum atomic E-state index is 13.7. The van der Waals surface area contributed by atoms with E-state index >= 15 is 0 Å². The smallest absolute Gasteiger partial charge is 0.430 e. The molecule has 150 valence electrons. The Kier molecular flexibility index (Phi) is 5.89. The summed E-state index contributed by atoms with van der Waals surface area (Å²) in [7, 11) is 0. The van der Waals surface area contributed by atoms with Gasteiger partial charge >= 0.3 is 6.18 Å². The Hall–Kier alpha value is -3.32. The zero-order valence-corrected chi connectivity index (χ0v) is 15.2. The number of benzene rings is 3. The number of rotatable bonds is 6. The SMILES string of the molecule is O=C(NCc1ccccc1)C(O)(c1ccc(Oc2ccccc2)cc1)C(F)(F)F. The molecule has 0 bridgehead atoms. The second-order valence-corrected chi connectivity index (χ2v) is 6.32. The largest absolute Gasteiger partial charge is 0.457 e. The summed E-state index contributed by atoms with van der Waals surface area (Å²) < 4.78 is 46.5. The fraction of sp³-hybridized carbons (Fsp3) is 0.136. The molecule has 0 aliphatic heterocycles. The average molecular weight is 401 g/mol. The molecule has 0 saturated carbocycles. The van der Waals surface area contributed by atoms with Crippen LogP contribution in [0.4, 0.5) is 13.2 Å². The number of carbonyl (C=O) groups is 1. The molecule has 1 amide bonds. The molecule has 0 aromatic heterocycles. The van der Waals surface area contributed by atoms with E-state index in [1.807, 2.05) is 0 Å². The second kappa shape index (κ2) is 8.36. The van der Waals surface area contributed by atoms with Crippen LogP contribution in [0.3, 0.4) is 0 Å². The van der Waals surface area contributed by atoms with Crippen LogP contribution in [-0.4, -0.2) is 17.2 Å². The van der Waals surface area contributed by atoms with Gasteiger partial charge in [0.05, 0.1) is 0 Å². The van der Waals surface area contributed by atoms with Gasteiger partial charge in [0.15, 0.2) is 0 Å². The van der Waals surface area contributed by atoms with E-state index in [4.69, 9.17) is 4.74 Å². The van der Waals surface area contributed by atoms with Crippen LogP contribution in [0, 0.1) is 0 Å². The third-order valence-electron chi connectivity index (χ3n) is 4.29. The number of halogens is 3. The van der Waals surface area contributed by atoms with Crippen molar-refractivity contribution >= 4 is 5.91 Å². The summed E-state index contributed by atoms with van der Waals surface area (Å²) in [5.41, 5.74) is -3.68. The van der Waals surface area contributed by atoms with Gasteiger partial charge in [0.2, 0.25) is 0 Å². The van der Waals surface area contributed by atoms with E-state index in [0.29, 0.717) is 11.3 Å². The highest BCUT2D eigenvalue weighted by Crippen LogP contribution is 2.40. The number of ether oxygens (including phenoxy) is 1. The Bertz CT molecular complexity index is 945. The molecule has 0 fully saturated rings. The Morgan fingerprint density at radius 1 is 0.828 bits per heavy atom. The van der Waals surface area contributed by atoms with Crippen LogP contribution in [0.2, 0.25) is 0 Å². The first-order chi connectivity index (χ1) is 13.8. The molecule has 1 unspecified atom stereocenters. The lowest BCUT2D eigenvalue weighted by Crippen LogP contribution is -2.54. The highest BCUT2D eigenvalue weighted by Gasteiger charge is 2.60. The van der Waals surface area contributed by atoms with E-state index in [1.54, 1.807) is 60.7 Å². The third kappa shape index (κ3) is 4.57. The predicted octanol–water partition coefficient (Wildman–Crippen LogP) is 4.55. The lowest BCUT2D eigenvalue weighted by molar-refractivity contribution is -0.257. The maximum absolute atomic E-state index is 13.7. The normalized spacial score (nSPS) is 13.4. The molecule has 7 heteroatoms. The van der Waals surface area contributed by atoms with Crippen molar-refractivity contribution in [2.24, 2.45) is 0 Å². The Labute approximate surface area is 165 Å². The van der Waals surface area contributed by atoms with Gasteiger partial charge in [-0.1, -0.05) is 60.7 Å². The first kappa shape index (κ1) is 20.4. The van der Waals surface area contributed by atoms with E-state index in [1.165, 1.54) is 12.1 Å². The molecule has 0 spiro atoms. The number of alkyl halides is 3. The van der Waals surface area contributed by atoms with Gasteiger partial charge in [-0.3, -0.25) is 4.79 Å².